The van der Waals surface area contributed by atoms with Crippen LogP contribution in [0.3, 0.4) is 0 Å². The van der Waals surface area contributed by atoms with Gasteiger partial charge in [0.15, 0.2) is 28.4 Å². The summed E-state index contributed by atoms with van der Waals surface area (Å²) in [5, 5.41) is 116. The Morgan fingerprint density at radius 2 is 1.32 bits per heavy atom. The summed E-state index contributed by atoms with van der Waals surface area (Å²) in [6.45, 7) is -0.916. The van der Waals surface area contributed by atoms with Crippen LogP contribution in [0.5, 0.6) is 46.0 Å². The molecule has 6 aromatic rings. The standard InChI is InChI=1S/C33H26O17/c1-47-8-2-13(37)19-16(3-8)49-31-14(38)5-10(24(40)20(31)27(19)43)18-26(42)22(33-30(46)29(45)25(41)17(7-34)50-33)28(44)21-23(39)9-4-11(35)12(36)6-15(9)48-32(18)21/h2-6,17,25,29-30,33-38,40-42,44-46H,7H2,1H3/t17-,25+,29+,30-,33+/m0/s1. The van der Waals surface area contributed by atoms with E-state index in [1.807, 2.05) is 0 Å². The zero-order valence-corrected chi connectivity index (χ0v) is 25.3. The van der Waals surface area contributed by atoms with Crippen LogP contribution in [-0.2, 0) is 4.74 Å². The van der Waals surface area contributed by atoms with E-state index < -0.39 is 143 Å². The number of fused-ring (bicyclic) bond motifs is 4. The highest BCUT2D eigenvalue weighted by Gasteiger charge is 2.47. The number of aliphatic hydroxyl groups is 4. The molecule has 4 aromatic carbocycles. The lowest BCUT2D eigenvalue weighted by Crippen LogP contribution is -2.55. The molecule has 0 saturated carbocycles. The molecule has 0 aliphatic carbocycles. The van der Waals surface area contributed by atoms with Crippen LogP contribution in [0, 0.1) is 0 Å². The third-order valence-electron chi connectivity index (χ3n) is 8.83. The Hall–Kier alpha value is -5.98. The predicted molar refractivity (Wildman–Crippen MR) is 170 cm³/mol. The summed E-state index contributed by atoms with van der Waals surface area (Å²) < 4.78 is 22.1. The second-order valence-corrected chi connectivity index (χ2v) is 11.7. The van der Waals surface area contributed by atoms with Crippen LogP contribution in [0.1, 0.15) is 11.7 Å². The van der Waals surface area contributed by atoms with Gasteiger partial charge in [-0.2, -0.15) is 0 Å². The normalized spacial score (nSPS) is 21.0. The third-order valence-corrected chi connectivity index (χ3v) is 8.83. The van der Waals surface area contributed by atoms with Gasteiger partial charge >= 0.3 is 0 Å². The molecule has 0 unspecified atom stereocenters. The van der Waals surface area contributed by atoms with E-state index in [0.29, 0.717) is 0 Å². The Morgan fingerprint density at radius 1 is 0.660 bits per heavy atom. The first kappa shape index (κ1) is 32.6. The first-order valence-electron chi connectivity index (χ1n) is 14.6. The van der Waals surface area contributed by atoms with Crippen LogP contribution in [0.25, 0.3) is 55.0 Å². The minimum absolute atomic E-state index is 0.0839. The molecule has 0 bridgehead atoms. The van der Waals surface area contributed by atoms with Gasteiger partial charge in [-0.05, 0) is 12.1 Å². The maximum Gasteiger partial charge on any atom is 0.208 e. The topological polar surface area (TPSA) is 301 Å². The molecule has 17 heteroatoms. The van der Waals surface area contributed by atoms with Crippen molar-refractivity contribution in [2.75, 3.05) is 13.7 Å². The van der Waals surface area contributed by atoms with Crippen LogP contribution in [0.2, 0.25) is 0 Å². The van der Waals surface area contributed by atoms with Gasteiger partial charge in [0.05, 0.1) is 30.2 Å². The minimum atomic E-state index is -2.12. The number of hydrogen-bond donors (Lipinski definition) is 11. The molecular formula is C33H26O17. The molecule has 1 fully saturated rings. The fourth-order valence-electron chi connectivity index (χ4n) is 6.34. The van der Waals surface area contributed by atoms with Gasteiger partial charge in [0.2, 0.25) is 10.9 Å². The van der Waals surface area contributed by atoms with E-state index in [0.717, 1.165) is 24.3 Å². The highest BCUT2D eigenvalue weighted by atomic mass is 16.5. The van der Waals surface area contributed by atoms with Crippen molar-refractivity contribution in [1.82, 2.24) is 0 Å². The summed E-state index contributed by atoms with van der Waals surface area (Å²) in [4.78, 5) is 27.7. The summed E-state index contributed by atoms with van der Waals surface area (Å²) in [5.41, 5.74) is -6.32. The monoisotopic (exact) mass is 694 g/mol. The molecule has 5 atom stereocenters. The van der Waals surface area contributed by atoms with E-state index >= 15 is 0 Å². The highest BCUT2D eigenvalue weighted by Crippen LogP contribution is 2.53. The fraction of sp³-hybridized carbons (Fsp3) is 0.212. The molecule has 2 aromatic heterocycles. The lowest BCUT2D eigenvalue weighted by Gasteiger charge is -2.40. The first-order valence-corrected chi connectivity index (χ1v) is 14.6. The number of phenols is 7. The van der Waals surface area contributed by atoms with Gasteiger partial charge in [-0.25, -0.2) is 0 Å². The second kappa shape index (κ2) is 11.3. The van der Waals surface area contributed by atoms with E-state index in [4.69, 9.17) is 18.3 Å². The molecule has 1 aliphatic rings. The van der Waals surface area contributed by atoms with E-state index in [-0.39, 0.29) is 11.3 Å². The van der Waals surface area contributed by atoms with Crippen LogP contribution in [0.4, 0.5) is 0 Å². The fourth-order valence-corrected chi connectivity index (χ4v) is 6.34. The quantitative estimate of drug-likeness (QED) is 0.0704. The van der Waals surface area contributed by atoms with Gasteiger partial charge in [-0.15, -0.1) is 0 Å². The SMILES string of the molecule is COc1cc(O)c2c(=O)c3c(O)c(-c4c(O)c([C@H]5O[C@@H](CO)[C@@H](O)[C@@H](O)[C@@H]5O)c(O)c5c(=O)c6cc(O)c(O)cc6oc45)cc(O)c3oc2c1. The maximum atomic E-state index is 13.9. The largest absolute Gasteiger partial charge is 0.507 e. The molecule has 0 radical (unpaired) electrons. The number of hydrogen-bond acceptors (Lipinski definition) is 17. The van der Waals surface area contributed by atoms with Gasteiger partial charge < -0.3 is 74.5 Å². The summed E-state index contributed by atoms with van der Waals surface area (Å²) in [7, 11) is 1.29. The van der Waals surface area contributed by atoms with Gasteiger partial charge in [0.25, 0.3) is 0 Å². The summed E-state index contributed by atoms with van der Waals surface area (Å²) in [6.07, 6.45) is -9.58. The Balaban J connectivity index is 1.65. The zero-order valence-electron chi connectivity index (χ0n) is 25.3. The van der Waals surface area contributed by atoms with Crippen LogP contribution in [-0.4, -0.2) is 94.3 Å². The van der Waals surface area contributed by atoms with E-state index in [1.165, 1.54) is 13.2 Å². The van der Waals surface area contributed by atoms with E-state index in [9.17, 15) is 65.8 Å². The van der Waals surface area contributed by atoms with Gasteiger partial charge in [0.1, 0.15) is 86.6 Å². The van der Waals surface area contributed by atoms with Crippen molar-refractivity contribution in [3.8, 4) is 57.1 Å². The lowest BCUT2D eigenvalue weighted by molar-refractivity contribution is -0.232. The number of methoxy groups -OCH3 is 1. The molecule has 1 saturated heterocycles. The van der Waals surface area contributed by atoms with Crippen LogP contribution < -0.4 is 15.6 Å². The smallest absolute Gasteiger partial charge is 0.208 e. The lowest BCUT2D eigenvalue weighted by atomic mass is 9.86. The summed E-state index contributed by atoms with van der Waals surface area (Å²) in [6, 6.07) is 4.77. The van der Waals surface area contributed by atoms with Crippen molar-refractivity contribution in [1.29, 1.82) is 0 Å². The third kappa shape index (κ3) is 4.45. The summed E-state index contributed by atoms with van der Waals surface area (Å²) in [5.74, 6) is -6.09. The van der Waals surface area contributed by atoms with Crippen molar-refractivity contribution in [3.05, 3.63) is 56.3 Å². The number of rotatable bonds is 4. The molecule has 260 valence electrons. The number of aliphatic hydroxyl groups excluding tert-OH is 4. The molecule has 50 heavy (non-hydrogen) atoms. The second-order valence-electron chi connectivity index (χ2n) is 11.7. The average Bonchev–Trinajstić information content (AvgIpc) is 3.07. The number of ether oxygens (including phenoxy) is 2. The Kier molecular flexibility index (Phi) is 7.35. The number of aromatic hydroxyl groups is 7. The maximum absolute atomic E-state index is 13.9. The van der Waals surface area contributed by atoms with Gasteiger partial charge in [0, 0.05) is 23.8 Å². The molecule has 11 N–H and O–H groups in total. The van der Waals surface area contributed by atoms with E-state index in [1.54, 1.807) is 0 Å². The minimum Gasteiger partial charge on any atom is -0.507 e. The van der Waals surface area contributed by atoms with Crippen molar-refractivity contribution in [2.45, 2.75) is 30.5 Å². The Bertz CT molecular complexity index is 2530. The predicted octanol–water partition coefficient (Wildman–Crippen LogP) is 1.34. The molecule has 1 aliphatic heterocycles. The van der Waals surface area contributed by atoms with Crippen molar-refractivity contribution >= 4 is 43.9 Å². The van der Waals surface area contributed by atoms with Gasteiger partial charge in [-0.1, -0.05) is 0 Å². The molecule has 0 amide bonds. The Labute approximate surface area is 276 Å². The highest BCUT2D eigenvalue weighted by molar-refractivity contribution is 6.09. The molecule has 7 rings (SSSR count). The molecule has 3 heterocycles. The van der Waals surface area contributed by atoms with Crippen molar-refractivity contribution in [3.63, 3.8) is 0 Å². The number of benzene rings is 4. The van der Waals surface area contributed by atoms with Crippen molar-refractivity contribution in [2.24, 2.45) is 0 Å². The molecular weight excluding hydrogens is 668 g/mol. The Morgan fingerprint density at radius 3 is 2.00 bits per heavy atom. The first-order chi connectivity index (χ1) is 23.7. The van der Waals surface area contributed by atoms with E-state index in [2.05, 4.69) is 0 Å². The van der Waals surface area contributed by atoms with Crippen molar-refractivity contribution < 1.29 is 74.5 Å². The summed E-state index contributed by atoms with van der Waals surface area (Å²) >= 11 is 0. The zero-order chi connectivity index (χ0) is 36.1. The van der Waals surface area contributed by atoms with Crippen LogP contribution in [0.15, 0.2) is 48.8 Å². The average molecular weight is 695 g/mol. The molecule has 17 nitrogen and oxygen atoms in total. The number of phenolic OH excluding ortho intramolecular Hbond substituents is 7. The molecule has 0 spiro atoms. The van der Waals surface area contributed by atoms with Crippen LogP contribution >= 0.6 is 0 Å². The van der Waals surface area contributed by atoms with Gasteiger partial charge in [-0.3, -0.25) is 9.59 Å².